The van der Waals surface area contributed by atoms with Crippen LogP contribution < -0.4 is 14.2 Å². The molecule has 0 fully saturated rings. The molecule has 3 aromatic carbocycles. The van der Waals surface area contributed by atoms with Gasteiger partial charge < -0.3 is 33.4 Å². The summed E-state index contributed by atoms with van der Waals surface area (Å²) in [6.07, 6.45) is 38.8. The number of nitrogens with zero attached hydrogens (tertiary/aromatic N) is 1. The normalized spacial score (nSPS) is 11.6. The summed E-state index contributed by atoms with van der Waals surface area (Å²) in [5, 5.41) is 18.3. The van der Waals surface area contributed by atoms with Gasteiger partial charge in [-0.1, -0.05) is 167 Å². The summed E-state index contributed by atoms with van der Waals surface area (Å²) >= 11 is 0. The Labute approximate surface area is 419 Å². The fourth-order valence-electron chi connectivity index (χ4n) is 10.2. The highest BCUT2D eigenvalue weighted by atomic mass is 16.6. The van der Waals surface area contributed by atoms with Gasteiger partial charge in [0.2, 0.25) is 0 Å². The zero-order valence-electron chi connectivity index (χ0n) is 45.0. The van der Waals surface area contributed by atoms with Crippen LogP contribution in [0.15, 0.2) is 72.8 Å². The molecule has 0 unspecified atom stereocenters. The van der Waals surface area contributed by atoms with Crippen molar-refractivity contribution in [2.75, 3.05) is 54.1 Å². The molecule has 0 atom stereocenters. The van der Waals surface area contributed by atoms with Gasteiger partial charge in [-0.3, -0.25) is 0 Å². The quantitative estimate of drug-likeness (QED) is 0.0335. The molecule has 0 amide bonds. The smallest absolute Gasteiger partial charge is 0.497 e. The maximum atomic E-state index is 9.13. The molecule has 0 aliphatic rings. The Morgan fingerprint density at radius 3 is 0.897 bits per heavy atom. The van der Waals surface area contributed by atoms with Gasteiger partial charge in [-0.2, -0.15) is 0 Å². The molecule has 0 bridgehead atoms. The van der Waals surface area contributed by atoms with Gasteiger partial charge in [0.05, 0.1) is 47.5 Å². The van der Waals surface area contributed by atoms with Crippen LogP contribution in [0.1, 0.15) is 211 Å². The molecule has 3 rings (SSSR count). The Hall–Kier alpha value is -3.04. The van der Waals surface area contributed by atoms with Crippen LogP contribution in [-0.2, 0) is 23.9 Å². The molecule has 0 aromatic heterocycles. The predicted octanol–water partition coefficient (Wildman–Crippen LogP) is 15.7. The first-order valence-electron chi connectivity index (χ1n) is 27.9. The maximum Gasteiger partial charge on any atom is 0.633 e. The third kappa shape index (κ3) is 28.6. The van der Waals surface area contributed by atoms with Crippen LogP contribution in [0.5, 0.6) is 17.2 Å². The molecule has 68 heavy (non-hydrogen) atoms. The van der Waals surface area contributed by atoms with Crippen LogP contribution in [0.3, 0.4) is 0 Å². The summed E-state index contributed by atoms with van der Waals surface area (Å²) in [5.74, 6) is 2.49. The van der Waals surface area contributed by atoms with Crippen molar-refractivity contribution in [3.63, 3.8) is 0 Å². The van der Waals surface area contributed by atoms with Crippen molar-refractivity contribution in [3.8, 4) is 17.2 Å². The number of hydrogen-bond donors (Lipinski definition) is 2. The van der Waals surface area contributed by atoms with E-state index >= 15 is 0 Å². The molecule has 0 heterocycles. The van der Waals surface area contributed by atoms with Crippen LogP contribution in [-0.4, -0.2) is 76.0 Å². The van der Waals surface area contributed by atoms with Gasteiger partial charge in [-0.15, -0.1) is 0 Å². The van der Waals surface area contributed by atoms with Crippen molar-refractivity contribution < 1.29 is 33.4 Å². The lowest BCUT2D eigenvalue weighted by Gasteiger charge is -2.40. The second-order valence-corrected chi connectivity index (χ2v) is 20.2. The van der Waals surface area contributed by atoms with Crippen LogP contribution >= 0.6 is 0 Å². The summed E-state index contributed by atoms with van der Waals surface area (Å²) in [7, 11) is 3.25. The van der Waals surface area contributed by atoms with Gasteiger partial charge in [-0.05, 0) is 142 Å². The highest BCUT2D eigenvalue weighted by molar-refractivity contribution is 6.32. The zero-order valence-corrected chi connectivity index (χ0v) is 45.0. The minimum Gasteiger partial charge on any atom is -0.497 e. The molecule has 2 N–H and O–H groups in total. The summed E-state index contributed by atoms with van der Waals surface area (Å²) in [5.41, 5.74) is 3.52. The Balaban J connectivity index is 0.000000468. The molecule has 3 aromatic rings. The van der Waals surface area contributed by atoms with Crippen LogP contribution in [0.25, 0.3) is 0 Å². The standard InChI is InChI=1S/C32H68N.C28H35BO6/c1-5-9-13-17-21-25-29-33(30-26-22-18-14-10-6-2,31-27-23-19-15-11-7-3)32-28-24-20-16-12-8-4;1-32-25-11-5-22(6-12-25)19-28(17-4-18-35-29(30)31,20-23-7-13-26(33-2)14-8-23)21-24-9-15-27(34-3)16-10-24/h5-32H2,1-4H3;5-16,30-31H,4,17-21H2,1-3H3/q+1;. The number of hydrogen-bond acceptors (Lipinski definition) is 6. The lowest BCUT2D eigenvalue weighted by Crippen LogP contribution is -2.50. The number of ether oxygens (including phenoxy) is 3. The minimum atomic E-state index is -1.76. The number of unbranched alkanes of at least 4 members (excludes halogenated alkanes) is 20. The van der Waals surface area contributed by atoms with Crippen LogP contribution in [0.2, 0.25) is 0 Å². The number of benzene rings is 3. The molecule has 0 saturated heterocycles. The second-order valence-electron chi connectivity index (χ2n) is 20.2. The molecule has 0 aliphatic heterocycles. The maximum absolute atomic E-state index is 9.13. The number of rotatable bonds is 42. The summed E-state index contributed by atoms with van der Waals surface area (Å²) in [6.45, 7) is 15.5. The highest BCUT2D eigenvalue weighted by Crippen LogP contribution is 2.38. The second kappa shape index (κ2) is 39.7. The summed E-state index contributed by atoms with van der Waals surface area (Å²) < 4.78 is 22.6. The van der Waals surface area contributed by atoms with Crippen molar-refractivity contribution in [1.29, 1.82) is 0 Å². The summed E-state index contributed by atoms with van der Waals surface area (Å²) in [6, 6.07) is 24.6. The zero-order chi connectivity index (χ0) is 49.4. The van der Waals surface area contributed by atoms with E-state index in [1.807, 2.05) is 36.4 Å². The van der Waals surface area contributed by atoms with Gasteiger partial charge in [0.25, 0.3) is 0 Å². The largest absolute Gasteiger partial charge is 0.633 e. The first kappa shape index (κ1) is 61.1. The van der Waals surface area contributed by atoms with Crippen molar-refractivity contribution in [2.45, 2.75) is 214 Å². The fraction of sp³-hybridized carbons (Fsp3) is 0.700. The Morgan fingerprint density at radius 2 is 0.647 bits per heavy atom. The molecule has 8 heteroatoms. The van der Waals surface area contributed by atoms with E-state index in [-0.39, 0.29) is 12.0 Å². The molecular formula is C60H103BNO6+. The fourth-order valence-corrected chi connectivity index (χ4v) is 10.2. The molecule has 0 saturated carbocycles. The van der Waals surface area contributed by atoms with Crippen molar-refractivity contribution >= 4 is 7.32 Å². The summed E-state index contributed by atoms with van der Waals surface area (Å²) in [4.78, 5) is 0. The molecule has 0 spiro atoms. The van der Waals surface area contributed by atoms with Gasteiger partial charge in [-0.25, -0.2) is 0 Å². The van der Waals surface area contributed by atoms with Gasteiger partial charge in [0, 0.05) is 6.61 Å². The number of methoxy groups -OCH3 is 3. The monoisotopic (exact) mass is 945 g/mol. The predicted molar refractivity (Wildman–Crippen MR) is 291 cm³/mol. The van der Waals surface area contributed by atoms with E-state index in [9.17, 15) is 0 Å². The lowest BCUT2D eigenvalue weighted by molar-refractivity contribution is -0.929. The third-order valence-electron chi connectivity index (χ3n) is 14.3. The Bertz CT molecular complexity index is 1380. The molecule has 386 valence electrons. The van der Waals surface area contributed by atoms with E-state index in [1.54, 1.807) is 21.3 Å². The first-order chi connectivity index (χ1) is 33.2. The molecular weight excluding hydrogens is 841 g/mol. The van der Waals surface area contributed by atoms with Crippen molar-refractivity contribution in [1.82, 2.24) is 0 Å². The van der Waals surface area contributed by atoms with E-state index in [0.29, 0.717) is 6.42 Å². The van der Waals surface area contributed by atoms with Crippen LogP contribution in [0, 0.1) is 5.41 Å². The van der Waals surface area contributed by atoms with E-state index in [1.165, 1.54) is 201 Å². The average Bonchev–Trinajstić information content (AvgIpc) is 3.35. The first-order valence-corrected chi connectivity index (χ1v) is 27.9. The van der Waals surface area contributed by atoms with E-state index < -0.39 is 7.32 Å². The average molecular weight is 945 g/mol. The van der Waals surface area contributed by atoms with Gasteiger partial charge >= 0.3 is 7.32 Å². The van der Waals surface area contributed by atoms with Crippen molar-refractivity contribution in [3.05, 3.63) is 89.5 Å². The van der Waals surface area contributed by atoms with Crippen molar-refractivity contribution in [2.24, 2.45) is 5.41 Å². The number of quaternary nitrogens is 1. The molecule has 0 radical (unpaired) electrons. The van der Waals surface area contributed by atoms with Crippen LogP contribution in [0.4, 0.5) is 0 Å². The van der Waals surface area contributed by atoms with E-state index in [4.69, 9.17) is 28.9 Å². The topological polar surface area (TPSA) is 77.4 Å². The third-order valence-corrected chi connectivity index (χ3v) is 14.3. The lowest BCUT2D eigenvalue weighted by atomic mass is 9.69. The highest BCUT2D eigenvalue weighted by Gasteiger charge is 2.32. The SMILES string of the molecule is CCCCCCCC[N+](CCCCCCCC)(CCCCCCCC)CCCCCCCC.COc1ccc(CC(CCCOB(O)O)(Cc2ccc(OC)cc2)Cc2ccc(OC)cc2)cc1. The molecule has 7 nitrogen and oxygen atoms in total. The Kier molecular flexibility index (Phi) is 35.6. The van der Waals surface area contributed by atoms with Gasteiger partial charge in [0.1, 0.15) is 17.2 Å². The van der Waals surface area contributed by atoms with E-state index in [2.05, 4.69) is 64.1 Å². The minimum absolute atomic E-state index is 0.137. The van der Waals surface area contributed by atoms with Gasteiger partial charge in [0.15, 0.2) is 0 Å². The molecule has 0 aliphatic carbocycles. The van der Waals surface area contributed by atoms with E-state index in [0.717, 1.165) is 42.9 Å². The Morgan fingerprint density at radius 1 is 0.382 bits per heavy atom.